The molecule has 0 saturated heterocycles. The molecule has 126 valence electrons. The Balaban J connectivity index is 2.09. The fourth-order valence-corrected chi connectivity index (χ4v) is 3.17. The smallest absolute Gasteiger partial charge is 0.279 e. The molecule has 0 bridgehead atoms. The Morgan fingerprint density at radius 2 is 1.88 bits per heavy atom. The van der Waals surface area contributed by atoms with Gasteiger partial charge in [0.25, 0.3) is 5.56 Å². The van der Waals surface area contributed by atoms with Gasteiger partial charge in [-0.15, -0.1) is 0 Å². The van der Waals surface area contributed by atoms with Crippen molar-refractivity contribution in [1.29, 1.82) is 0 Å². The third-order valence-corrected chi connectivity index (χ3v) is 4.39. The van der Waals surface area contributed by atoms with Crippen LogP contribution in [0.3, 0.4) is 0 Å². The monoisotopic (exact) mass is 333 g/mol. The van der Waals surface area contributed by atoms with E-state index in [9.17, 15) is 4.79 Å². The molecule has 6 nitrogen and oxygen atoms in total. The molecule has 0 atom stereocenters. The second kappa shape index (κ2) is 5.73. The number of fused-ring (bicyclic) bond motifs is 3. The van der Waals surface area contributed by atoms with Gasteiger partial charge in [-0.05, 0) is 18.1 Å². The molecule has 0 radical (unpaired) electrons. The zero-order valence-corrected chi connectivity index (χ0v) is 14.5. The first-order valence-electron chi connectivity index (χ1n) is 8.27. The molecule has 0 aliphatic carbocycles. The Bertz CT molecular complexity index is 1130. The molecule has 4 rings (SSSR count). The molecule has 0 N–H and O–H groups in total. The summed E-state index contributed by atoms with van der Waals surface area (Å²) in [6.07, 6.45) is 4.21. The maximum absolute atomic E-state index is 12.7. The normalized spacial score (nSPS) is 11.3. The molecule has 0 aliphatic rings. The van der Waals surface area contributed by atoms with Gasteiger partial charge in [0.2, 0.25) is 0 Å². The van der Waals surface area contributed by atoms with E-state index < -0.39 is 0 Å². The second-order valence-corrected chi connectivity index (χ2v) is 6.15. The molecular formula is C19H19N5O. The summed E-state index contributed by atoms with van der Waals surface area (Å²) >= 11 is 0. The number of pyridine rings is 1. The van der Waals surface area contributed by atoms with Crippen molar-refractivity contribution in [1.82, 2.24) is 19.3 Å². The molecule has 0 spiro atoms. The minimum absolute atomic E-state index is 0.105. The van der Waals surface area contributed by atoms with Crippen molar-refractivity contribution in [3.05, 3.63) is 64.8 Å². The van der Waals surface area contributed by atoms with E-state index in [4.69, 9.17) is 5.10 Å². The van der Waals surface area contributed by atoms with Crippen LogP contribution in [0.25, 0.3) is 27.7 Å². The van der Waals surface area contributed by atoms with Crippen LogP contribution < -0.4 is 10.6 Å². The first-order valence-corrected chi connectivity index (χ1v) is 8.27. The van der Waals surface area contributed by atoms with E-state index in [0.717, 1.165) is 34.4 Å². The Morgan fingerprint density at radius 1 is 1.12 bits per heavy atom. The lowest BCUT2D eigenvalue weighted by atomic mass is 10.0. The predicted octanol–water partition coefficient (Wildman–Crippen LogP) is 2.47. The van der Waals surface area contributed by atoms with Crippen molar-refractivity contribution in [3.63, 3.8) is 0 Å². The number of aryl methyl sites for hydroxylation is 1. The van der Waals surface area contributed by atoms with Gasteiger partial charge in [0.1, 0.15) is 0 Å². The third kappa shape index (κ3) is 2.29. The van der Waals surface area contributed by atoms with E-state index in [1.165, 1.54) is 0 Å². The van der Waals surface area contributed by atoms with Crippen molar-refractivity contribution < 1.29 is 0 Å². The zero-order valence-electron chi connectivity index (χ0n) is 14.5. The van der Waals surface area contributed by atoms with Crippen LogP contribution in [0.2, 0.25) is 0 Å². The summed E-state index contributed by atoms with van der Waals surface area (Å²) in [5.41, 5.74) is 4.53. The average Bonchev–Trinajstić information content (AvgIpc) is 3.01. The first-order chi connectivity index (χ1) is 12.1. The zero-order chi connectivity index (χ0) is 17.6. The minimum atomic E-state index is -0.105. The standard InChI is InChI=1S/C19H19N5O/c1-4-15-17(13-8-6-5-7-9-13)18-20-12-14-16(24(18)21-15)10-11-23(19(14)25)22(2)3/h5-12H,4H2,1-3H3. The Kier molecular flexibility index (Phi) is 3.53. The summed E-state index contributed by atoms with van der Waals surface area (Å²) in [5.74, 6) is 0. The number of nitrogens with zero attached hydrogens (tertiary/aromatic N) is 5. The van der Waals surface area contributed by atoms with Crippen molar-refractivity contribution in [3.8, 4) is 11.1 Å². The number of hydrogen-bond acceptors (Lipinski definition) is 4. The van der Waals surface area contributed by atoms with E-state index in [-0.39, 0.29) is 5.56 Å². The van der Waals surface area contributed by atoms with E-state index in [0.29, 0.717) is 5.39 Å². The highest BCUT2D eigenvalue weighted by Crippen LogP contribution is 2.29. The van der Waals surface area contributed by atoms with Crippen molar-refractivity contribution in [2.75, 3.05) is 19.1 Å². The highest BCUT2D eigenvalue weighted by Gasteiger charge is 2.17. The Labute approximate surface area is 144 Å². The Hall–Kier alpha value is -3.15. The molecule has 0 saturated carbocycles. The summed E-state index contributed by atoms with van der Waals surface area (Å²) in [6, 6.07) is 12.0. The fourth-order valence-electron chi connectivity index (χ4n) is 3.17. The molecule has 0 fully saturated rings. The lowest BCUT2D eigenvalue weighted by Crippen LogP contribution is -2.35. The summed E-state index contributed by atoms with van der Waals surface area (Å²) < 4.78 is 3.34. The molecule has 6 heteroatoms. The molecule has 1 aromatic carbocycles. The molecule has 25 heavy (non-hydrogen) atoms. The molecule has 3 heterocycles. The summed E-state index contributed by atoms with van der Waals surface area (Å²) in [7, 11) is 3.66. The second-order valence-electron chi connectivity index (χ2n) is 6.15. The van der Waals surface area contributed by atoms with Crippen LogP contribution in [0.5, 0.6) is 0 Å². The van der Waals surface area contributed by atoms with Crippen LogP contribution in [0.15, 0.2) is 53.6 Å². The number of hydrogen-bond donors (Lipinski definition) is 0. The molecule has 3 aromatic heterocycles. The van der Waals surface area contributed by atoms with Gasteiger partial charge in [-0.3, -0.25) is 4.79 Å². The average molecular weight is 333 g/mol. The van der Waals surface area contributed by atoms with Gasteiger partial charge < -0.3 is 5.01 Å². The number of benzene rings is 1. The molecule has 0 amide bonds. The largest absolute Gasteiger partial charge is 0.316 e. The molecular weight excluding hydrogens is 314 g/mol. The highest BCUT2D eigenvalue weighted by atomic mass is 16.1. The van der Waals surface area contributed by atoms with Crippen LogP contribution in [0, 0.1) is 0 Å². The van der Waals surface area contributed by atoms with Gasteiger partial charge in [-0.1, -0.05) is 37.3 Å². The van der Waals surface area contributed by atoms with E-state index in [1.807, 2.05) is 38.4 Å². The van der Waals surface area contributed by atoms with Gasteiger partial charge in [0.05, 0.1) is 16.6 Å². The minimum Gasteiger partial charge on any atom is -0.316 e. The van der Waals surface area contributed by atoms with Gasteiger partial charge in [-0.2, -0.15) is 5.10 Å². The van der Waals surface area contributed by atoms with Gasteiger partial charge in [-0.25, -0.2) is 14.2 Å². The van der Waals surface area contributed by atoms with Gasteiger partial charge in [0, 0.05) is 32.1 Å². The van der Waals surface area contributed by atoms with E-state index >= 15 is 0 Å². The lowest BCUT2D eigenvalue weighted by Gasteiger charge is -2.15. The van der Waals surface area contributed by atoms with Gasteiger partial charge >= 0.3 is 0 Å². The van der Waals surface area contributed by atoms with E-state index in [1.54, 1.807) is 26.6 Å². The third-order valence-electron chi connectivity index (χ3n) is 4.39. The van der Waals surface area contributed by atoms with E-state index in [2.05, 4.69) is 24.0 Å². The molecule has 4 aromatic rings. The predicted molar refractivity (Wildman–Crippen MR) is 99.6 cm³/mol. The topological polar surface area (TPSA) is 55.4 Å². The SMILES string of the molecule is CCc1nn2c(ncc3c(=O)n(N(C)C)ccc32)c1-c1ccccc1. The van der Waals surface area contributed by atoms with Crippen LogP contribution in [0.1, 0.15) is 12.6 Å². The van der Waals surface area contributed by atoms with Crippen LogP contribution in [-0.2, 0) is 6.42 Å². The quantitative estimate of drug-likeness (QED) is 0.578. The number of aromatic nitrogens is 4. The van der Waals surface area contributed by atoms with Gasteiger partial charge in [0.15, 0.2) is 5.65 Å². The van der Waals surface area contributed by atoms with Crippen LogP contribution >= 0.6 is 0 Å². The number of rotatable bonds is 3. The summed E-state index contributed by atoms with van der Waals surface area (Å²) in [6.45, 7) is 2.08. The van der Waals surface area contributed by atoms with Crippen molar-refractivity contribution in [2.45, 2.75) is 13.3 Å². The van der Waals surface area contributed by atoms with Crippen molar-refractivity contribution in [2.24, 2.45) is 0 Å². The van der Waals surface area contributed by atoms with Crippen molar-refractivity contribution >= 4 is 16.6 Å². The lowest BCUT2D eigenvalue weighted by molar-refractivity contribution is 0.705. The molecule has 0 aliphatic heterocycles. The summed E-state index contributed by atoms with van der Waals surface area (Å²) in [5, 5.41) is 7.03. The highest BCUT2D eigenvalue weighted by molar-refractivity contribution is 5.86. The summed E-state index contributed by atoms with van der Waals surface area (Å²) in [4.78, 5) is 17.3. The maximum Gasteiger partial charge on any atom is 0.279 e. The fraction of sp³-hybridized carbons (Fsp3) is 0.211. The maximum atomic E-state index is 12.7. The Morgan fingerprint density at radius 3 is 2.56 bits per heavy atom. The van der Waals surface area contributed by atoms with Crippen LogP contribution in [0.4, 0.5) is 0 Å². The first kappa shape index (κ1) is 15.4. The van der Waals surface area contributed by atoms with Crippen LogP contribution in [-0.4, -0.2) is 33.4 Å². The molecule has 0 unspecified atom stereocenters.